The largest absolute Gasteiger partial charge is 0.573 e. The van der Waals surface area contributed by atoms with Crippen molar-refractivity contribution in [2.24, 2.45) is 29.6 Å². The zero-order valence-corrected chi connectivity index (χ0v) is 25.4. The number of nitro benzene ring substituents is 2. The predicted molar refractivity (Wildman–Crippen MR) is 163 cm³/mol. The van der Waals surface area contributed by atoms with E-state index >= 15 is 0 Å². The first-order valence-corrected chi connectivity index (χ1v) is 15.2. The van der Waals surface area contributed by atoms with Crippen LogP contribution in [0.2, 0.25) is 0 Å². The number of nitrogens with zero attached hydrogens (tertiary/aromatic N) is 4. The maximum absolute atomic E-state index is 14.2. The first-order chi connectivity index (χ1) is 23.7. The van der Waals surface area contributed by atoms with E-state index in [1.165, 1.54) is 24.3 Å². The molecule has 3 fully saturated rings. The number of nitro groups is 2. The van der Waals surface area contributed by atoms with Gasteiger partial charge in [0.1, 0.15) is 11.5 Å². The topological polar surface area (TPSA) is 190 Å². The molecule has 0 bridgehead atoms. The molecule has 4 amide bonds. The standard InChI is InChI=1S/C33H23F3N4O10/c34-33(35,36)50-19-9-12-25(41)23(13-19)26-20-10-11-21-27(31(44)37(29(21)42)15-1-5-17(6-2-15)39(46)47)22(20)14-24-28(26)32(45)38(30(24)43)16-3-7-18(8-4-16)40(48)49/h1-10,12-13,21-22,24,26-28,41H,11,14H2. The lowest BCUT2D eigenvalue weighted by Crippen LogP contribution is -2.43. The Kier molecular flexibility index (Phi) is 7.45. The number of aromatic hydroxyl groups is 1. The van der Waals surface area contributed by atoms with Crippen molar-refractivity contribution >= 4 is 46.4 Å². The van der Waals surface area contributed by atoms with Gasteiger partial charge in [0.2, 0.25) is 23.6 Å². The number of benzene rings is 3. The number of anilines is 2. The van der Waals surface area contributed by atoms with Crippen LogP contribution >= 0.6 is 0 Å². The molecule has 50 heavy (non-hydrogen) atoms. The summed E-state index contributed by atoms with van der Waals surface area (Å²) in [6, 6.07) is 12.1. The Balaban J connectivity index is 1.33. The highest BCUT2D eigenvalue weighted by Crippen LogP contribution is 2.59. The van der Waals surface area contributed by atoms with Gasteiger partial charge in [-0.3, -0.25) is 49.2 Å². The monoisotopic (exact) mass is 692 g/mol. The number of rotatable bonds is 6. The molecule has 2 heterocycles. The Morgan fingerprint density at radius 2 is 1.24 bits per heavy atom. The summed E-state index contributed by atoms with van der Waals surface area (Å²) < 4.78 is 43.8. The van der Waals surface area contributed by atoms with Gasteiger partial charge in [0.15, 0.2) is 0 Å². The van der Waals surface area contributed by atoms with Gasteiger partial charge in [-0.2, -0.15) is 0 Å². The van der Waals surface area contributed by atoms with E-state index in [9.17, 15) is 57.7 Å². The second-order valence-corrected chi connectivity index (χ2v) is 12.4. The number of allylic oxidation sites excluding steroid dienone is 2. The third-order valence-corrected chi connectivity index (χ3v) is 9.85. The summed E-state index contributed by atoms with van der Waals surface area (Å²) in [7, 11) is 0. The Morgan fingerprint density at radius 3 is 1.76 bits per heavy atom. The van der Waals surface area contributed by atoms with Crippen molar-refractivity contribution in [3.05, 3.63) is 104 Å². The van der Waals surface area contributed by atoms with Crippen molar-refractivity contribution in [1.82, 2.24) is 0 Å². The molecule has 17 heteroatoms. The zero-order chi connectivity index (χ0) is 35.8. The van der Waals surface area contributed by atoms with Crippen molar-refractivity contribution < 1.29 is 52.0 Å². The smallest absolute Gasteiger partial charge is 0.508 e. The number of carbonyl (C=O) groups excluding carboxylic acids is 4. The molecule has 1 saturated carbocycles. The van der Waals surface area contributed by atoms with Crippen LogP contribution < -0.4 is 14.5 Å². The maximum Gasteiger partial charge on any atom is 0.573 e. The quantitative estimate of drug-likeness (QED) is 0.156. The van der Waals surface area contributed by atoms with Crippen LogP contribution in [0.5, 0.6) is 11.5 Å². The molecule has 14 nitrogen and oxygen atoms in total. The van der Waals surface area contributed by atoms with E-state index < -0.39 is 86.8 Å². The molecule has 256 valence electrons. The van der Waals surface area contributed by atoms with Gasteiger partial charge in [0.25, 0.3) is 11.4 Å². The SMILES string of the molecule is O=C1C2CC=C3C(CC4C(=O)N(c5ccc([N+](=O)[O-])cc5)C(=O)C4C3c3cc(OC(F)(F)F)ccc3O)C2C(=O)N1c1ccc([N+](=O)[O-])cc1. The average molecular weight is 693 g/mol. The van der Waals surface area contributed by atoms with Gasteiger partial charge >= 0.3 is 6.36 Å². The van der Waals surface area contributed by atoms with Crippen molar-refractivity contribution in [2.75, 3.05) is 9.80 Å². The van der Waals surface area contributed by atoms with Crippen LogP contribution in [-0.2, 0) is 19.2 Å². The van der Waals surface area contributed by atoms with Crippen LogP contribution in [0.3, 0.4) is 0 Å². The molecule has 1 N–H and O–H groups in total. The van der Waals surface area contributed by atoms with Crippen molar-refractivity contribution in [2.45, 2.75) is 25.1 Å². The fourth-order valence-electron chi connectivity index (χ4n) is 7.87. The van der Waals surface area contributed by atoms with E-state index in [4.69, 9.17) is 0 Å². The summed E-state index contributed by atoms with van der Waals surface area (Å²) in [5.41, 5.74) is -0.300. The van der Waals surface area contributed by atoms with Gasteiger partial charge in [0.05, 0.1) is 44.9 Å². The van der Waals surface area contributed by atoms with Crippen LogP contribution in [0, 0.1) is 49.8 Å². The van der Waals surface area contributed by atoms with Crippen LogP contribution in [0.25, 0.3) is 0 Å². The van der Waals surface area contributed by atoms with Crippen molar-refractivity contribution in [3.8, 4) is 11.5 Å². The van der Waals surface area contributed by atoms with E-state index in [0.29, 0.717) is 5.57 Å². The number of hydrogen-bond acceptors (Lipinski definition) is 10. The summed E-state index contributed by atoms with van der Waals surface area (Å²) in [6.45, 7) is 0. The summed E-state index contributed by atoms with van der Waals surface area (Å²) in [5.74, 6) is -10.6. The van der Waals surface area contributed by atoms with Crippen LogP contribution in [0.15, 0.2) is 78.4 Å². The molecule has 6 atom stereocenters. The molecule has 2 aliphatic heterocycles. The fraction of sp³-hybridized carbons (Fsp3) is 0.273. The van der Waals surface area contributed by atoms with Crippen LogP contribution in [-0.4, -0.2) is 44.9 Å². The molecule has 0 radical (unpaired) electrons. The summed E-state index contributed by atoms with van der Waals surface area (Å²) in [6.07, 6.45) is -3.63. The molecule has 2 saturated heterocycles. The number of phenolic OH excluding ortho intramolecular Hbond substituents is 1. The summed E-state index contributed by atoms with van der Waals surface area (Å²) in [5, 5.41) is 33.4. The van der Waals surface area contributed by atoms with Crippen LogP contribution in [0.1, 0.15) is 24.3 Å². The molecule has 3 aromatic carbocycles. The van der Waals surface area contributed by atoms with Gasteiger partial charge in [-0.15, -0.1) is 13.2 Å². The van der Waals surface area contributed by atoms with E-state index in [2.05, 4.69) is 4.74 Å². The Morgan fingerprint density at radius 1 is 0.720 bits per heavy atom. The normalized spacial score (nSPS) is 25.9. The molecule has 3 aromatic rings. The maximum atomic E-state index is 14.2. The molecule has 6 unspecified atom stereocenters. The second kappa shape index (κ2) is 11.5. The lowest BCUT2D eigenvalue weighted by molar-refractivity contribution is -0.385. The Hall–Kier alpha value is -6.13. The Labute approximate surface area is 278 Å². The fourth-order valence-corrected chi connectivity index (χ4v) is 7.87. The number of fused-ring (bicyclic) bond motifs is 4. The number of hydrogen-bond donors (Lipinski definition) is 1. The summed E-state index contributed by atoms with van der Waals surface area (Å²) in [4.78, 5) is 78.9. The van der Waals surface area contributed by atoms with Crippen LogP contribution in [0.4, 0.5) is 35.9 Å². The highest BCUT2D eigenvalue weighted by molar-refractivity contribution is 6.24. The average Bonchev–Trinajstić information content (AvgIpc) is 3.47. The van der Waals surface area contributed by atoms with E-state index in [0.717, 1.165) is 52.3 Å². The van der Waals surface area contributed by atoms with Crippen molar-refractivity contribution in [1.29, 1.82) is 0 Å². The lowest BCUT2D eigenvalue weighted by Gasteiger charge is -2.44. The third-order valence-electron chi connectivity index (χ3n) is 9.85. The van der Waals surface area contributed by atoms with E-state index in [-0.39, 0.29) is 41.2 Å². The molecular formula is C33H23F3N4O10. The minimum absolute atomic E-state index is 0.00317. The number of halogens is 3. The number of imide groups is 2. The predicted octanol–water partition coefficient (Wildman–Crippen LogP) is 5.15. The van der Waals surface area contributed by atoms with E-state index in [1.807, 2.05) is 0 Å². The molecular weight excluding hydrogens is 669 g/mol. The van der Waals surface area contributed by atoms with Gasteiger partial charge in [0, 0.05) is 35.7 Å². The number of phenols is 1. The molecule has 7 rings (SSSR count). The highest BCUT2D eigenvalue weighted by atomic mass is 19.4. The highest BCUT2D eigenvalue weighted by Gasteiger charge is 2.62. The minimum Gasteiger partial charge on any atom is -0.508 e. The van der Waals surface area contributed by atoms with Gasteiger partial charge in [-0.1, -0.05) is 11.6 Å². The first-order valence-electron chi connectivity index (χ1n) is 15.2. The molecule has 4 aliphatic rings. The minimum atomic E-state index is -5.10. The van der Waals surface area contributed by atoms with Gasteiger partial charge < -0.3 is 9.84 Å². The first kappa shape index (κ1) is 32.4. The summed E-state index contributed by atoms with van der Waals surface area (Å²) >= 11 is 0. The number of carbonyl (C=O) groups is 4. The zero-order valence-electron chi connectivity index (χ0n) is 25.4. The number of non-ortho nitro benzene ring substituents is 2. The van der Waals surface area contributed by atoms with Crippen molar-refractivity contribution in [3.63, 3.8) is 0 Å². The van der Waals surface area contributed by atoms with E-state index in [1.54, 1.807) is 6.08 Å². The number of amides is 4. The molecule has 0 spiro atoms. The van der Waals surface area contributed by atoms with Gasteiger partial charge in [-0.25, -0.2) is 0 Å². The number of ether oxygens (including phenoxy) is 1. The number of alkyl halides is 3. The van der Waals surface area contributed by atoms with Gasteiger partial charge in [-0.05, 0) is 61.2 Å². The molecule has 2 aliphatic carbocycles. The Bertz CT molecular complexity index is 2030. The molecule has 0 aromatic heterocycles. The second-order valence-electron chi connectivity index (χ2n) is 12.4. The third kappa shape index (κ3) is 5.12. The lowest BCUT2D eigenvalue weighted by atomic mass is 9.57.